The molecule has 1 aromatic carbocycles. The smallest absolute Gasteiger partial charge is 0.127 e. The summed E-state index contributed by atoms with van der Waals surface area (Å²) in [4.78, 5) is 4.70. The quantitative estimate of drug-likeness (QED) is 0.732. The highest BCUT2D eigenvalue weighted by molar-refractivity contribution is 9.10. The van der Waals surface area contributed by atoms with Crippen LogP contribution in [0.15, 0.2) is 22.7 Å². The number of ether oxygens (including phenoxy) is 1. The van der Waals surface area contributed by atoms with E-state index >= 15 is 0 Å². The van der Waals surface area contributed by atoms with Crippen molar-refractivity contribution >= 4 is 38.6 Å². The van der Waals surface area contributed by atoms with Gasteiger partial charge in [0.2, 0.25) is 0 Å². The number of fused-ring (bicyclic) bond motifs is 1. The van der Waals surface area contributed by atoms with Gasteiger partial charge in [-0.15, -0.1) is 11.6 Å². The molecule has 20 heavy (non-hydrogen) atoms. The Hall–Kier alpha value is -0.580. The van der Waals surface area contributed by atoms with Crippen LogP contribution >= 0.6 is 27.5 Å². The van der Waals surface area contributed by atoms with Crippen molar-refractivity contribution in [2.45, 2.75) is 44.2 Å². The van der Waals surface area contributed by atoms with E-state index in [0.29, 0.717) is 12.1 Å². The molecule has 0 bridgehead atoms. The highest BCUT2D eigenvalue weighted by Gasteiger charge is 2.34. The number of nitrogens with zero attached hydrogens (tertiary/aromatic N) is 2. The maximum Gasteiger partial charge on any atom is 0.127 e. The molecule has 1 heterocycles. The molecule has 2 aromatic rings. The molecule has 0 aliphatic heterocycles. The number of halogens is 2. The second-order valence-corrected chi connectivity index (χ2v) is 6.86. The summed E-state index contributed by atoms with van der Waals surface area (Å²) >= 11 is 9.86. The van der Waals surface area contributed by atoms with Gasteiger partial charge in [-0.1, -0.05) is 15.9 Å². The summed E-state index contributed by atoms with van der Waals surface area (Å²) in [5.74, 6) is 0.958. The molecule has 0 N–H and O–H groups in total. The van der Waals surface area contributed by atoms with E-state index in [9.17, 15) is 0 Å². The molecule has 1 unspecified atom stereocenters. The maximum absolute atomic E-state index is 6.32. The van der Waals surface area contributed by atoms with E-state index in [1.54, 1.807) is 0 Å². The summed E-state index contributed by atoms with van der Waals surface area (Å²) in [6.07, 6.45) is 2.47. The number of hydrogen-bond acceptors (Lipinski definition) is 2. The molecule has 1 aliphatic carbocycles. The minimum atomic E-state index is -0.0904. The molecule has 0 amide bonds. The van der Waals surface area contributed by atoms with E-state index in [1.165, 1.54) is 0 Å². The molecule has 0 spiro atoms. The predicted octanol–water partition coefficient (Wildman–Crippen LogP) is 4.84. The van der Waals surface area contributed by atoms with E-state index in [4.69, 9.17) is 21.3 Å². The maximum atomic E-state index is 6.32. The number of aromatic nitrogens is 2. The highest BCUT2D eigenvalue weighted by atomic mass is 79.9. The summed E-state index contributed by atoms with van der Waals surface area (Å²) in [5.41, 5.74) is 2.16. The molecule has 1 saturated carbocycles. The monoisotopic (exact) mass is 356 g/mol. The van der Waals surface area contributed by atoms with Crippen LogP contribution < -0.4 is 0 Å². The number of imidazole rings is 1. The van der Waals surface area contributed by atoms with Gasteiger partial charge in [-0.05, 0) is 44.9 Å². The van der Waals surface area contributed by atoms with Gasteiger partial charge in [-0.2, -0.15) is 0 Å². The first kappa shape index (κ1) is 14.4. The second-order valence-electron chi connectivity index (χ2n) is 5.29. The third-order valence-electron chi connectivity index (χ3n) is 3.87. The van der Waals surface area contributed by atoms with Crippen LogP contribution in [0.3, 0.4) is 0 Å². The van der Waals surface area contributed by atoms with Gasteiger partial charge in [0.1, 0.15) is 5.82 Å². The number of rotatable bonds is 4. The van der Waals surface area contributed by atoms with Crippen molar-refractivity contribution in [1.29, 1.82) is 0 Å². The van der Waals surface area contributed by atoms with Gasteiger partial charge in [-0.3, -0.25) is 0 Å². The van der Waals surface area contributed by atoms with Gasteiger partial charge in [0.25, 0.3) is 0 Å². The zero-order chi connectivity index (χ0) is 14.3. The average molecular weight is 358 g/mol. The zero-order valence-corrected chi connectivity index (χ0v) is 14.0. The molecular formula is C15H18BrClN2O. The highest BCUT2D eigenvalue weighted by Crippen LogP contribution is 2.40. The molecule has 0 radical (unpaired) electrons. The van der Waals surface area contributed by atoms with Crippen molar-refractivity contribution in [3.05, 3.63) is 28.5 Å². The van der Waals surface area contributed by atoms with Crippen molar-refractivity contribution in [2.24, 2.45) is 0 Å². The zero-order valence-electron chi connectivity index (χ0n) is 11.6. The molecule has 1 aliphatic rings. The second kappa shape index (κ2) is 5.66. The van der Waals surface area contributed by atoms with E-state index in [2.05, 4.69) is 26.6 Å². The Morgan fingerprint density at radius 3 is 2.90 bits per heavy atom. The standard InChI is InChI=1S/C15H18BrClN2O/c1-3-20-12-7-11(8-12)19-14-6-10(16)4-5-13(14)18-15(19)9(2)17/h4-6,9,11-12H,3,7-8H2,1-2H3. The van der Waals surface area contributed by atoms with Gasteiger partial charge >= 0.3 is 0 Å². The number of alkyl halides is 1. The average Bonchev–Trinajstić information content (AvgIpc) is 2.72. The molecule has 3 rings (SSSR count). The molecule has 0 saturated heterocycles. The van der Waals surface area contributed by atoms with Crippen LogP contribution in [0, 0.1) is 0 Å². The Morgan fingerprint density at radius 2 is 2.25 bits per heavy atom. The first-order valence-electron chi connectivity index (χ1n) is 7.03. The topological polar surface area (TPSA) is 27.1 Å². The van der Waals surface area contributed by atoms with Crippen LogP contribution in [-0.2, 0) is 4.74 Å². The van der Waals surface area contributed by atoms with Crippen LogP contribution in [0.1, 0.15) is 43.9 Å². The molecule has 1 atom stereocenters. The van der Waals surface area contributed by atoms with Crippen molar-refractivity contribution in [3.63, 3.8) is 0 Å². The van der Waals surface area contributed by atoms with E-state index in [0.717, 1.165) is 40.8 Å². The molecular weight excluding hydrogens is 340 g/mol. The Balaban J connectivity index is 1.99. The van der Waals surface area contributed by atoms with Gasteiger partial charge in [-0.25, -0.2) is 4.98 Å². The van der Waals surface area contributed by atoms with Gasteiger partial charge < -0.3 is 9.30 Å². The van der Waals surface area contributed by atoms with Crippen LogP contribution in [-0.4, -0.2) is 22.3 Å². The summed E-state index contributed by atoms with van der Waals surface area (Å²) in [6, 6.07) is 6.63. The van der Waals surface area contributed by atoms with Crippen molar-refractivity contribution < 1.29 is 4.74 Å². The Kier molecular flexibility index (Phi) is 4.07. The lowest BCUT2D eigenvalue weighted by molar-refractivity contribution is -0.0193. The first-order chi connectivity index (χ1) is 9.60. The molecule has 3 nitrogen and oxygen atoms in total. The lowest BCUT2D eigenvalue weighted by atomic mass is 9.88. The number of benzene rings is 1. The van der Waals surface area contributed by atoms with Crippen molar-refractivity contribution in [1.82, 2.24) is 9.55 Å². The lowest BCUT2D eigenvalue weighted by Gasteiger charge is -2.37. The third kappa shape index (κ3) is 2.49. The molecule has 1 fully saturated rings. The van der Waals surface area contributed by atoms with Gasteiger partial charge in [0.05, 0.1) is 22.5 Å². The van der Waals surface area contributed by atoms with Gasteiger partial charge in [0, 0.05) is 17.1 Å². The summed E-state index contributed by atoms with van der Waals surface area (Å²) in [7, 11) is 0. The van der Waals surface area contributed by atoms with Crippen molar-refractivity contribution in [2.75, 3.05) is 6.61 Å². The van der Waals surface area contributed by atoms with Crippen LogP contribution in [0.5, 0.6) is 0 Å². The van der Waals surface area contributed by atoms with Crippen molar-refractivity contribution in [3.8, 4) is 0 Å². The van der Waals surface area contributed by atoms with Crippen LogP contribution in [0.4, 0.5) is 0 Å². The fraction of sp³-hybridized carbons (Fsp3) is 0.533. The van der Waals surface area contributed by atoms with Crippen LogP contribution in [0.2, 0.25) is 0 Å². The summed E-state index contributed by atoms with van der Waals surface area (Å²) < 4.78 is 9.04. The first-order valence-corrected chi connectivity index (χ1v) is 8.26. The molecule has 108 valence electrons. The Bertz CT molecular complexity index is 620. The Morgan fingerprint density at radius 1 is 1.50 bits per heavy atom. The SMILES string of the molecule is CCOC1CC(n2c(C(C)Cl)nc3ccc(Br)cc32)C1. The predicted molar refractivity (Wildman–Crippen MR) is 85.4 cm³/mol. The minimum Gasteiger partial charge on any atom is -0.378 e. The van der Waals surface area contributed by atoms with E-state index < -0.39 is 0 Å². The summed E-state index contributed by atoms with van der Waals surface area (Å²) in [6.45, 7) is 4.81. The normalized spacial score (nSPS) is 23.8. The minimum absolute atomic E-state index is 0.0904. The number of hydrogen-bond donors (Lipinski definition) is 0. The molecule has 5 heteroatoms. The largest absolute Gasteiger partial charge is 0.378 e. The lowest BCUT2D eigenvalue weighted by Crippen LogP contribution is -2.34. The fourth-order valence-electron chi connectivity index (χ4n) is 2.87. The molecule has 1 aromatic heterocycles. The fourth-order valence-corrected chi connectivity index (χ4v) is 3.37. The third-order valence-corrected chi connectivity index (χ3v) is 4.56. The van der Waals surface area contributed by atoms with Gasteiger partial charge in [0.15, 0.2) is 0 Å². The summed E-state index contributed by atoms with van der Waals surface area (Å²) in [5, 5.41) is -0.0904. The van der Waals surface area contributed by atoms with E-state index in [-0.39, 0.29) is 5.38 Å². The van der Waals surface area contributed by atoms with Crippen LogP contribution in [0.25, 0.3) is 11.0 Å². The van der Waals surface area contributed by atoms with E-state index in [1.807, 2.05) is 26.0 Å². The Labute approximate surface area is 132 Å².